The summed E-state index contributed by atoms with van der Waals surface area (Å²) in [5, 5.41) is 0.973. The number of alkyl halides is 1. The van der Waals surface area contributed by atoms with E-state index >= 15 is 0 Å². The molecule has 3 nitrogen and oxygen atoms in total. The molecule has 1 atom stereocenters. The van der Waals surface area contributed by atoms with Crippen LogP contribution in [-0.2, 0) is 14.2 Å². The predicted octanol–water partition coefficient (Wildman–Crippen LogP) is 1.16. The Labute approximate surface area is 75.1 Å². The lowest BCUT2D eigenvalue weighted by atomic mass is 10.5. The molecule has 0 spiro atoms. The zero-order valence-corrected chi connectivity index (χ0v) is 8.01. The molecule has 1 rings (SSSR count). The van der Waals surface area contributed by atoms with Crippen LogP contribution in [0.15, 0.2) is 0 Å². The molecule has 0 aliphatic carbocycles. The fraction of sp³-hybridized carbons (Fsp3) is 1.00. The molecule has 0 N–H and O–H groups in total. The first kappa shape index (κ1) is 9.45. The summed E-state index contributed by atoms with van der Waals surface area (Å²) in [5.41, 5.74) is 0. The Kier molecular flexibility index (Phi) is 5.10. The number of rotatable bonds is 4. The van der Waals surface area contributed by atoms with Crippen molar-refractivity contribution in [2.75, 3.05) is 31.8 Å². The maximum atomic E-state index is 5.35. The molecule has 1 fully saturated rings. The van der Waals surface area contributed by atoms with Crippen molar-refractivity contribution in [3.63, 3.8) is 0 Å². The van der Waals surface area contributed by atoms with Crippen LogP contribution in [-0.4, -0.2) is 38.0 Å². The van der Waals surface area contributed by atoms with Crippen LogP contribution in [0.5, 0.6) is 0 Å². The normalized spacial score (nSPS) is 25.4. The Bertz CT molecular complexity index is 93.7. The molecule has 0 aromatic carbocycles. The van der Waals surface area contributed by atoms with Gasteiger partial charge in [0.2, 0.25) is 0 Å². The van der Waals surface area contributed by atoms with Gasteiger partial charge in [-0.2, -0.15) is 0 Å². The fourth-order valence-electron chi connectivity index (χ4n) is 0.832. The lowest BCUT2D eigenvalue weighted by molar-refractivity contribution is -0.211. The van der Waals surface area contributed by atoms with Gasteiger partial charge in [-0.1, -0.05) is 15.9 Å². The summed E-state index contributed by atoms with van der Waals surface area (Å²) < 4.78 is 15.8. The standard InChI is InChI=1S/C7H13BrO3/c8-2-1-3-10-7-6-9-4-5-11-7/h7H,1-6H2. The van der Waals surface area contributed by atoms with Crippen molar-refractivity contribution in [1.82, 2.24) is 0 Å². The van der Waals surface area contributed by atoms with Crippen LogP contribution in [0.25, 0.3) is 0 Å². The van der Waals surface area contributed by atoms with Crippen LogP contribution in [0.2, 0.25) is 0 Å². The van der Waals surface area contributed by atoms with Crippen LogP contribution in [0.4, 0.5) is 0 Å². The van der Waals surface area contributed by atoms with Gasteiger partial charge >= 0.3 is 0 Å². The minimum absolute atomic E-state index is 0.136. The lowest BCUT2D eigenvalue weighted by Crippen LogP contribution is -2.31. The quantitative estimate of drug-likeness (QED) is 0.530. The molecule has 0 saturated carbocycles. The Hall–Kier alpha value is 0.360. The smallest absolute Gasteiger partial charge is 0.180 e. The van der Waals surface area contributed by atoms with Crippen LogP contribution in [0.3, 0.4) is 0 Å². The molecule has 0 aromatic rings. The largest absolute Gasteiger partial charge is 0.374 e. The van der Waals surface area contributed by atoms with Crippen LogP contribution >= 0.6 is 15.9 Å². The van der Waals surface area contributed by atoms with Crippen LogP contribution < -0.4 is 0 Å². The topological polar surface area (TPSA) is 27.7 Å². The number of ether oxygens (including phenoxy) is 3. The van der Waals surface area contributed by atoms with Gasteiger partial charge in [0.25, 0.3) is 0 Å². The SMILES string of the molecule is BrCCCOC1COCCO1. The minimum atomic E-state index is -0.136. The molecule has 0 aromatic heterocycles. The monoisotopic (exact) mass is 224 g/mol. The summed E-state index contributed by atoms with van der Waals surface area (Å²) >= 11 is 3.32. The van der Waals surface area contributed by atoms with E-state index in [2.05, 4.69) is 15.9 Å². The molecule has 0 amide bonds. The first-order valence-corrected chi connectivity index (χ1v) is 4.92. The molecule has 11 heavy (non-hydrogen) atoms. The Balaban J connectivity index is 1.96. The van der Waals surface area contributed by atoms with Gasteiger partial charge in [0.1, 0.15) is 0 Å². The maximum absolute atomic E-state index is 5.35. The lowest BCUT2D eigenvalue weighted by Gasteiger charge is -2.22. The average Bonchev–Trinajstić information content (AvgIpc) is 2.07. The minimum Gasteiger partial charge on any atom is -0.374 e. The van der Waals surface area contributed by atoms with Gasteiger partial charge in [-0.05, 0) is 6.42 Å². The van der Waals surface area contributed by atoms with Crippen molar-refractivity contribution < 1.29 is 14.2 Å². The summed E-state index contributed by atoms with van der Waals surface area (Å²) in [4.78, 5) is 0. The van der Waals surface area contributed by atoms with E-state index in [0.717, 1.165) is 18.4 Å². The fourth-order valence-corrected chi connectivity index (χ4v) is 1.06. The first-order chi connectivity index (χ1) is 5.43. The molecular formula is C7H13BrO3. The second-order valence-electron chi connectivity index (χ2n) is 2.29. The summed E-state index contributed by atoms with van der Waals surface area (Å²) in [6.07, 6.45) is 0.877. The van der Waals surface area contributed by atoms with Crippen LogP contribution in [0, 0.1) is 0 Å². The zero-order chi connectivity index (χ0) is 7.94. The highest BCUT2D eigenvalue weighted by Crippen LogP contribution is 2.02. The van der Waals surface area contributed by atoms with E-state index in [1.54, 1.807) is 0 Å². The van der Waals surface area contributed by atoms with Crippen molar-refractivity contribution in [1.29, 1.82) is 0 Å². The summed E-state index contributed by atoms with van der Waals surface area (Å²) in [6.45, 7) is 2.65. The van der Waals surface area contributed by atoms with Crippen molar-refractivity contribution in [3.8, 4) is 0 Å². The Morgan fingerprint density at radius 2 is 2.36 bits per heavy atom. The molecule has 0 bridgehead atoms. The highest BCUT2D eigenvalue weighted by atomic mass is 79.9. The van der Waals surface area contributed by atoms with E-state index in [-0.39, 0.29) is 6.29 Å². The van der Waals surface area contributed by atoms with Crippen molar-refractivity contribution in [2.24, 2.45) is 0 Å². The Morgan fingerprint density at radius 3 is 3.00 bits per heavy atom. The van der Waals surface area contributed by atoms with E-state index < -0.39 is 0 Å². The van der Waals surface area contributed by atoms with Crippen LogP contribution in [0.1, 0.15) is 6.42 Å². The molecule has 0 radical (unpaired) electrons. The van der Waals surface area contributed by atoms with Crippen molar-refractivity contribution in [3.05, 3.63) is 0 Å². The second-order valence-corrected chi connectivity index (χ2v) is 3.08. The molecule has 1 aliphatic rings. The van der Waals surface area contributed by atoms with E-state index in [1.165, 1.54) is 0 Å². The molecule has 4 heteroatoms. The summed E-state index contributed by atoms with van der Waals surface area (Å²) in [5.74, 6) is 0. The van der Waals surface area contributed by atoms with Crippen molar-refractivity contribution >= 4 is 15.9 Å². The van der Waals surface area contributed by atoms with E-state index in [9.17, 15) is 0 Å². The number of hydrogen-bond acceptors (Lipinski definition) is 3. The first-order valence-electron chi connectivity index (χ1n) is 3.80. The van der Waals surface area contributed by atoms with E-state index in [1.807, 2.05) is 0 Å². The average molecular weight is 225 g/mol. The van der Waals surface area contributed by atoms with Gasteiger partial charge in [-0.3, -0.25) is 0 Å². The maximum Gasteiger partial charge on any atom is 0.180 e. The summed E-state index contributed by atoms with van der Waals surface area (Å²) in [7, 11) is 0. The molecule has 1 saturated heterocycles. The summed E-state index contributed by atoms with van der Waals surface area (Å²) in [6, 6.07) is 0. The molecule has 66 valence electrons. The third-order valence-electron chi connectivity index (χ3n) is 1.37. The Morgan fingerprint density at radius 1 is 1.45 bits per heavy atom. The van der Waals surface area contributed by atoms with Gasteiger partial charge in [0.05, 0.1) is 26.4 Å². The number of hydrogen-bond donors (Lipinski definition) is 0. The molecule has 1 aliphatic heterocycles. The number of halogens is 1. The zero-order valence-electron chi connectivity index (χ0n) is 6.42. The van der Waals surface area contributed by atoms with Gasteiger partial charge in [-0.15, -0.1) is 0 Å². The molecule has 1 unspecified atom stereocenters. The second kappa shape index (κ2) is 5.94. The highest BCUT2D eigenvalue weighted by Gasteiger charge is 2.13. The molecular weight excluding hydrogens is 212 g/mol. The van der Waals surface area contributed by atoms with Gasteiger partial charge in [0, 0.05) is 5.33 Å². The highest BCUT2D eigenvalue weighted by molar-refractivity contribution is 9.09. The van der Waals surface area contributed by atoms with Crippen molar-refractivity contribution in [2.45, 2.75) is 12.7 Å². The predicted molar refractivity (Wildman–Crippen MR) is 44.9 cm³/mol. The molecule has 1 heterocycles. The third kappa shape index (κ3) is 4.06. The van der Waals surface area contributed by atoms with E-state index in [0.29, 0.717) is 19.8 Å². The van der Waals surface area contributed by atoms with Gasteiger partial charge < -0.3 is 14.2 Å². The third-order valence-corrected chi connectivity index (χ3v) is 1.93. The van der Waals surface area contributed by atoms with Gasteiger partial charge in [-0.25, -0.2) is 0 Å². The van der Waals surface area contributed by atoms with Gasteiger partial charge in [0.15, 0.2) is 6.29 Å². The van der Waals surface area contributed by atoms with E-state index in [4.69, 9.17) is 14.2 Å².